The van der Waals surface area contributed by atoms with Crippen LogP contribution in [0.2, 0.25) is 0 Å². The van der Waals surface area contributed by atoms with Crippen molar-refractivity contribution in [2.45, 2.75) is 52.0 Å². The van der Waals surface area contributed by atoms with Gasteiger partial charge in [0.05, 0.1) is 5.69 Å². The van der Waals surface area contributed by atoms with E-state index in [2.05, 4.69) is 4.98 Å². The summed E-state index contributed by atoms with van der Waals surface area (Å²) in [5.74, 6) is 0. The van der Waals surface area contributed by atoms with Crippen LogP contribution in [0.3, 0.4) is 0 Å². The maximum atomic E-state index is 12.8. The van der Waals surface area contributed by atoms with E-state index < -0.39 is 23.1 Å². The number of alkyl halides is 3. The van der Waals surface area contributed by atoms with E-state index in [1.807, 2.05) is 27.7 Å². The number of anilines is 1. The predicted molar refractivity (Wildman–Crippen MR) is 66.8 cm³/mol. The Hall–Kier alpha value is -1.34. The van der Waals surface area contributed by atoms with Crippen LogP contribution in [0.5, 0.6) is 0 Å². The number of nitrogens with zero attached hydrogens (tertiary/aromatic N) is 2. The van der Waals surface area contributed by atoms with Crippen LogP contribution in [-0.2, 0) is 15.9 Å². The van der Waals surface area contributed by atoms with Crippen LogP contribution in [0.25, 0.3) is 0 Å². The molecule has 2 rings (SSSR count). The number of pyridine rings is 1. The molecule has 0 bridgehead atoms. The van der Waals surface area contributed by atoms with Crippen LogP contribution < -0.4 is 5.23 Å². The fourth-order valence-electron chi connectivity index (χ4n) is 1.66. The zero-order chi connectivity index (χ0) is 15.3. The van der Waals surface area contributed by atoms with Crippen molar-refractivity contribution in [2.75, 3.05) is 5.23 Å². The summed E-state index contributed by atoms with van der Waals surface area (Å²) >= 11 is 0. The van der Waals surface area contributed by atoms with Crippen molar-refractivity contribution in [3.8, 4) is 0 Å². The molecule has 0 unspecified atom stereocenters. The summed E-state index contributed by atoms with van der Waals surface area (Å²) in [6.45, 7) is 8.74. The van der Waals surface area contributed by atoms with Crippen molar-refractivity contribution in [3.05, 3.63) is 23.5 Å². The van der Waals surface area contributed by atoms with Gasteiger partial charge in [0.25, 0.3) is 0 Å². The minimum atomic E-state index is -4.51. The van der Waals surface area contributed by atoms with E-state index in [-0.39, 0.29) is 11.4 Å². The van der Waals surface area contributed by atoms with E-state index in [4.69, 9.17) is 9.68 Å². The molecule has 0 amide bonds. The van der Waals surface area contributed by atoms with Crippen molar-refractivity contribution < 1.29 is 22.8 Å². The van der Waals surface area contributed by atoms with Crippen LogP contribution in [-0.4, -0.2) is 16.2 Å². The first kappa shape index (κ1) is 15.1. The van der Waals surface area contributed by atoms with Gasteiger partial charge in [-0.2, -0.15) is 13.2 Å². The largest absolute Gasteiger partial charge is 0.433 e. The van der Waals surface area contributed by atoms with Crippen LogP contribution >= 0.6 is 0 Å². The number of hydrogen-bond donors (Lipinski definition) is 0. The van der Waals surface area contributed by atoms with Gasteiger partial charge in [-0.1, -0.05) is 0 Å². The van der Waals surface area contributed by atoms with Crippen molar-refractivity contribution in [2.24, 2.45) is 0 Å². The molecule has 2 heterocycles. The molecule has 0 N–H and O–H groups in total. The van der Waals surface area contributed by atoms with Crippen LogP contribution in [0.1, 0.15) is 39.1 Å². The van der Waals surface area contributed by atoms with Gasteiger partial charge in [0, 0.05) is 5.69 Å². The predicted octanol–water partition coefficient (Wildman–Crippen LogP) is 3.65. The quantitative estimate of drug-likeness (QED) is 0.790. The average Bonchev–Trinajstić information content (AvgIpc) is 2.46. The molecule has 1 aromatic rings. The second-order valence-corrected chi connectivity index (χ2v) is 5.81. The lowest BCUT2D eigenvalue weighted by molar-refractivity contribution is -0.141. The lowest BCUT2D eigenvalue weighted by Gasteiger charge is -2.26. The average molecular weight is 290 g/mol. The molecule has 7 heteroatoms. The third-order valence-electron chi connectivity index (χ3n) is 3.51. The summed E-state index contributed by atoms with van der Waals surface area (Å²) in [5.41, 5.74) is -1.89. The number of halogens is 3. The van der Waals surface area contributed by atoms with Crippen LogP contribution in [0.4, 0.5) is 18.9 Å². The summed E-state index contributed by atoms with van der Waals surface area (Å²) in [4.78, 5) is 14.7. The fraction of sp³-hybridized carbons (Fsp3) is 0.615. The molecule has 0 atom stereocenters. The summed E-state index contributed by atoms with van der Waals surface area (Å²) in [6.07, 6.45) is -4.51. The van der Waals surface area contributed by atoms with Crippen LogP contribution in [0.15, 0.2) is 12.1 Å². The Morgan fingerprint density at radius 2 is 1.55 bits per heavy atom. The summed E-state index contributed by atoms with van der Waals surface area (Å²) in [6, 6.07) is 2.39. The first-order valence-corrected chi connectivity index (χ1v) is 6.17. The maximum absolute atomic E-state index is 12.8. The molecule has 1 fully saturated rings. The van der Waals surface area contributed by atoms with E-state index >= 15 is 0 Å². The molecule has 4 nitrogen and oxygen atoms in total. The Bertz CT molecular complexity index is 511. The van der Waals surface area contributed by atoms with Gasteiger partial charge in [0.15, 0.2) is 0 Å². The van der Waals surface area contributed by atoms with Gasteiger partial charge < -0.3 is 0 Å². The molecule has 0 aliphatic carbocycles. The molecule has 0 aromatic carbocycles. The van der Waals surface area contributed by atoms with E-state index in [0.29, 0.717) is 0 Å². The molecule has 112 valence electrons. The monoisotopic (exact) mass is 290 g/mol. The fourth-order valence-corrected chi connectivity index (χ4v) is 1.66. The molecule has 0 radical (unpaired) electrons. The minimum absolute atomic E-state index is 0.170. The number of aromatic nitrogens is 1. The highest BCUT2D eigenvalue weighted by Gasteiger charge is 2.50. The molecular weight excluding hydrogens is 273 g/mol. The summed E-state index contributed by atoms with van der Waals surface area (Å²) in [5, 5.41) is 1.03. The van der Waals surface area contributed by atoms with Crippen LogP contribution in [0, 0.1) is 6.92 Å². The number of hydrogen-bond acceptors (Lipinski definition) is 4. The van der Waals surface area contributed by atoms with E-state index in [0.717, 1.165) is 11.3 Å². The van der Waals surface area contributed by atoms with Gasteiger partial charge in [-0.25, -0.2) is 14.7 Å². The molecular formula is C13H17F3N2O2. The minimum Gasteiger partial charge on any atom is -0.248 e. The Kier molecular flexibility index (Phi) is 3.26. The molecule has 0 saturated carbocycles. The van der Waals surface area contributed by atoms with Gasteiger partial charge in [-0.05, 0) is 46.8 Å². The molecule has 1 aliphatic heterocycles. The molecule has 0 spiro atoms. The first-order chi connectivity index (χ1) is 8.92. The summed E-state index contributed by atoms with van der Waals surface area (Å²) < 4.78 is 38.3. The second-order valence-electron chi connectivity index (χ2n) is 5.81. The Balaban J connectivity index is 2.38. The smallest absolute Gasteiger partial charge is 0.248 e. The molecule has 1 aliphatic rings. The van der Waals surface area contributed by atoms with Gasteiger partial charge in [-0.3, -0.25) is 0 Å². The van der Waals surface area contributed by atoms with Gasteiger partial charge in [0.1, 0.15) is 16.9 Å². The van der Waals surface area contributed by atoms with Crippen molar-refractivity contribution in [3.63, 3.8) is 0 Å². The third-order valence-corrected chi connectivity index (χ3v) is 3.51. The van der Waals surface area contributed by atoms with Gasteiger partial charge >= 0.3 is 6.18 Å². The highest BCUT2D eigenvalue weighted by molar-refractivity contribution is 5.45. The van der Waals surface area contributed by atoms with Gasteiger partial charge in [0.2, 0.25) is 0 Å². The zero-order valence-electron chi connectivity index (χ0n) is 12.0. The molecule has 20 heavy (non-hydrogen) atoms. The second kappa shape index (κ2) is 4.33. The standard InChI is InChI=1S/C13H17F3N2O2/c1-8-6-9(7-10(17-8)13(14,15)16)18-19-11(2,3)12(4,5)20-18/h6-7H,1-5H3. The first-order valence-electron chi connectivity index (χ1n) is 6.17. The molecule has 1 saturated heterocycles. The number of aryl methyl sites for hydroxylation is 1. The van der Waals surface area contributed by atoms with E-state index in [1.54, 1.807) is 0 Å². The Labute approximate surface area is 115 Å². The SMILES string of the molecule is Cc1cc(N2OC(C)(C)C(C)(C)O2)cc(C(F)(F)F)n1. The Morgan fingerprint density at radius 3 is 2.00 bits per heavy atom. The molecule has 1 aromatic heterocycles. The van der Waals surface area contributed by atoms with E-state index in [1.165, 1.54) is 13.0 Å². The summed E-state index contributed by atoms with van der Waals surface area (Å²) in [7, 11) is 0. The lowest BCUT2D eigenvalue weighted by atomic mass is 9.90. The number of rotatable bonds is 1. The lowest BCUT2D eigenvalue weighted by Crippen LogP contribution is -2.41. The van der Waals surface area contributed by atoms with Crippen molar-refractivity contribution in [1.82, 2.24) is 4.98 Å². The third kappa shape index (κ3) is 2.60. The van der Waals surface area contributed by atoms with E-state index in [9.17, 15) is 13.2 Å². The zero-order valence-corrected chi connectivity index (χ0v) is 12.0. The topological polar surface area (TPSA) is 34.6 Å². The normalized spacial score (nSPS) is 21.3. The van der Waals surface area contributed by atoms with Gasteiger partial charge in [-0.15, -0.1) is 5.23 Å². The van der Waals surface area contributed by atoms with Crippen molar-refractivity contribution in [1.29, 1.82) is 0 Å². The highest BCUT2D eigenvalue weighted by atomic mass is 19.4. The maximum Gasteiger partial charge on any atom is 0.433 e. The van der Waals surface area contributed by atoms with Crippen molar-refractivity contribution >= 4 is 5.69 Å². The Morgan fingerprint density at radius 1 is 1.05 bits per heavy atom. The highest BCUT2D eigenvalue weighted by Crippen LogP contribution is 2.41.